The number of halogens is 2. The molecule has 0 amide bonds. The zero-order valence-corrected chi connectivity index (χ0v) is 23.0. The largest absolute Gasteiger partial charge is 0.497 e. The summed E-state index contributed by atoms with van der Waals surface area (Å²) in [5.41, 5.74) is 2.19. The summed E-state index contributed by atoms with van der Waals surface area (Å²) in [5.74, 6) is 1.02. The van der Waals surface area contributed by atoms with Crippen molar-refractivity contribution in [1.82, 2.24) is 39.5 Å². The molecular weight excluding hydrogens is 547 g/mol. The summed E-state index contributed by atoms with van der Waals surface area (Å²) < 4.78 is 46.2. The molecule has 0 spiro atoms. The summed E-state index contributed by atoms with van der Waals surface area (Å²) in [4.78, 5) is 13.1. The highest BCUT2D eigenvalue weighted by molar-refractivity contribution is 7.89. The fourth-order valence-electron chi connectivity index (χ4n) is 4.72. The number of sulfonamides is 1. The minimum atomic E-state index is -3.53. The van der Waals surface area contributed by atoms with Crippen molar-refractivity contribution in [3.63, 3.8) is 0 Å². The number of aromatic nitrogens is 7. The highest BCUT2D eigenvalue weighted by Gasteiger charge is 2.35. The van der Waals surface area contributed by atoms with Crippen molar-refractivity contribution in [3.8, 4) is 17.3 Å². The lowest BCUT2D eigenvalue weighted by Gasteiger charge is -2.35. The lowest BCUT2D eigenvalue weighted by Crippen LogP contribution is -2.43. The molecule has 1 saturated heterocycles. The molecule has 0 radical (unpaired) electrons. The number of aryl methyl sites for hydroxylation is 1. The number of hydrogen-bond donors (Lipinski definition) is 1. The highest BCUT2D eigenvalue weighted by Crippen LogP contribution is 2.37. The van der Waals surface area contributed by atoms with Crippen molar-refractivity contribution in [2.24, 2.45) is 5.92 Å². The van der Waals surface area contributed by atoms with Gasteiger partial charge in [-0.15, -0.1) is 10.2 Å². The number of hydrogen-bond acceptors (Lipinski definition) is 8. The van der Waals surface area contributed by atoms with Crippen LogP contribution in [0.1, 0.15) is 36.3 Å². The van der Waals surface area contributed by atoms with Crippen LogP contribution in [0.3, 0.4) is 0 Å². The Labute approximate surface area is 230 Å². The number of methoxy groups -OCH3 is 1. The van der Waals surface area contributed by atoms with Gasteiger partial charge in [-0.2, -0.15) is 4.80 Å². The van der Waals surface area contributed by atoms with Gasteiger partial charge < -0.3 is 9.72 Å². The van der Waals surface area contributed by atoms with Crippen LogP contribution in [0.25, 0.3) is 11.5 Å². The van der Waals surface area contributed by atoms with Crippen molar-refractivity contribution < 1.29 is 17.5 Å². The van der Waals surface area contributed by atoms with Crippen LogP contribution in [0, 0.1) is 11.7 Å². The Bertz CT molecular complexity index is 1530. The first-order valence-electron chi connectivity index (χ1n) is 12.5. The molecule has 4 aromatic rings. The minimum Gasteiger partial charge on any atom is -0.497 e. The lowest BCUT2D eigenvalue weighted by atomic mass is 9.86. The molecule has 11 nitrogen and oxygen atoms in total. The van der Waals surface area contributed by atoms with Gasteiger partial charge in [0.1, 0.15) is 17.3 Å². The molecule has 0 aliphatic carbocycles. The predicted molar refractivity (Wildman–Crippen MR) is 142 cm³/mol. The number of benzene rings is 1. The van der Waals surface area contributed by atoms with Crippen LogP contribution in [0.2, 0.25) is 5.15 Å². The van der Waals surface area contributed by atoms with Gasteiger partial charge in [0.05, 0.1) is 31.3 Å². The van der Waals surface area contributed by atoms with Gasteiger partial charge in [0, 0.05) is 25.4 Å². The third-order valence-corrected chi connectivity index (χ3v) is 8.97. The number of tetrazole rings is 1. The smallest absolute Gasteiger partial charge is 0.214 e. The molecule has 1 aliphatic heterocycles. The van der Waals surface area contributed by atoms with Crippen molar-refractivity contribution >= 4 is 21.6 Å². The zero-order valence-electron chi connectivity index (χ0n) is 21.5. The van der Waals surface area contributed by atoms with Gasteiger partial charge in [0.15, 0.2) is 16.8 Å². The van der Waals surface area contributed by atoms with Gasteiger partial charge in [-0.25, -0.2) is 27.1 Å². The zero-order chi connectivity index (χ0) is 27.6. The Balaban J connectivity index is 1.18. The molecule has 206 valence electrons. The molecule has 4 heterocycles. The number of piperidine rings is 1. The minimum absolute atomic E-state index is 0.00910. The number of nitrogens with one attached hydrogen (secondary N) is 1. The van der Waals surface area contributed by atoms with Crippen molar-refractivity contribution in [3.05, 3.63) is 70.6 Å². The van der Waals surface area contributed by atoms with Crippen LogP contribution in [-0.4, -0.2) is 73.8 Å². The summed E-state index contributed by atoms with van der Waals surface area (Å²) in [6, 6.07) is 10.4. The number of aromatic amines is 1. The van der Waals surface area contributed by atoms with E-state index >= 15 is 0 Å². The van der Waals surface area contributed by atoms with Crippen LogP contribution in [0.4, 0.5) is 4.39 Å². The molecule has 39 heavy (non-hydrogen) atoms. The van der Waals surface area contributed by atoms with E-state index in [1.807, 2.05) is 31.2 Å². The summed E-state index contributed by atoms with van der Waals surface area (Å²) in [7, 11) is -1.92. The molecular formula is C25H28ClFN8O3S. The molecule has 0 bridgehead atoms. The van der Waals surface area contributed by atoms with Crippen LogP contribution >= 0.6 is 11.6 Å². The summed E-state index contributed by atoms with van der Waals surface area (Å²) in [6.07, 6.45) is 1.86. The Hall–Kier alpha value is -3.42. The second kappa shape index (κ2) is 11.4. The van der Waals surface area contributed by atoms with E-state index in [1.54, 1.807) is 7.11 Å². The Morgan fingerprint density at radius 1 is 1.21 bits per heavy atom. The van der Waals surface area contributed by atoms with E-state index < -0.39 is 15.8 Å². The summed E-state index contributed by atoms with van der Waals surface area (Å²) in [6.45, 7) is 3.12. The number of nitrogens with zero attached hydrogens (tertiary/aromatic N) is 7. The van der Waals surface area contributed by atoms with E-state index in [1.165, 1.54) is 21.2 Å². The normalized spacial score (nSPS) is 18.4. The summed E-state index contributed by atoms with van der Waals surface area (Å²) in [5, 5.41) is 12.7. The third-order valence-electron chi connectivity index (χ3n) is 6.85. The van der Waals surface area contributed by atoms with E-state index in [9.17, 15) is 12.8 Å². The summed E-state index contributed by atoms with van der Waals surface area (Å²) >= 11 is 6.43. The number of H-pyrrole nitrogens is 1. The van der Waals surface area contributed by atoms with E-state index in [0.29, 0.717) is 48.6 Å². The van der Waals surface area contributed by atoms with Gasteiger partial charge >= 0.3 is 0 Å². The number of ether oxygens (including phenoxy) is 1. The van der Waals surface area contributed by atoms with Crippen LogP contribution in [-0.2, 0) is 23.0 Å². The second-order valence-corrected chi connectivity index (χ2v) is 12.0. The standard InChI is InChI=1S/C25H28ClFN8O3S/c1-16-14-34(11-9-20(16)23-24(26)30-25(29-23)21-8-5-18(27)13-28-21)39(36,37)12-10-22-31-33-35(32-22)15-17-3-6-19(38-2)7-4-17/h3-8,13,16,20H,9-12,14-15H2,1-2H3,(H,29,30)/t16-,20+/m0/s1. The van der Waals surface area contributed by atoms with E-state index in [-0.39, 0.29) is 24.0 Å². The molecule has 14 heteroatoms. The van der Waals surface area contributed by atoms with Gasteiger partial charge in [0.25, 0.3) is 0 Å². The maximum Gasteiger partial charge on any atom is 0.214 e. The first kappa shape index (κ1) is 27.2. The SMILES string of the molecule is COc1ccc(Cn2nnc(CCS(=O)(=O)N3CC[C@@H](c4[nH]c(-c5ccc(F)cn5)nc4Cl)[C@@H](C)C3)n2)cc1. The first-order valence-corrected chi connectivity index (χ1v) is 14.5. The van der Waals surface area contributed by atoms with Crippen molar-refractivity contribution in [2.45, 2.75) is 32.2 Å². The Morgan fingerprint density at radius 3 is 2.69 bits per heavy atom. The van der Waals surface area contributed by atoms with Crippen LogP contribution < -0.4 is 4.74 Å². The fourth-order valence-corrected chi connectivity index (χ4v) is 6.54. The maximum atomic E-state index is 13.2. The van der Waals surface area contributed by atoms with Gasteiger partial charge in [-0.05, 0) is 47.4 Å². The molecule has 1 aliphatic rings. The average molecular weight is 575 g/mol. The Morgan fingerprint density at radius 2 is 2.00 bits per heavy atom. The van der Waals surface area contributed by atoms with Gasteiger partial charge in [-0.1, -0.05) is 30.7 Å². The lowest BCUT2D eigenvalue weighted by molar-refractivity contribution is 0.246. The second-order valence-electron chi connectivity index (χ2n) is 9.53. The molecule has 3 aromatic heterocycles. The van der Waals surface area contributed by atoms with E-state index in [4.69, 9.17) is 16.3 Å². The third kappa shape index (κ3) is 6.26. The predicted octanol–water partition coefficient (Wildman–Crippen LogP) is 3.31. The highest BCUT2D eigenvalue weighted by atomic mass is 35.5. The average Bonchev–Trinajstić information content (AvgIpc) is 3.54. The van der Waals surface area contributed by atoms with Gasteiger partial charge in [-0.3, -0.25) is 0 Å². The maximum absolute atomic E-state index is 13.2. The molecule has 1 fully saturated rings. The Kier molecular flexibility index (Phi) is 7.91. The fraction of sp³-hybridized carbons (Fsp3) is 0.400. The topological polar surface area (TPSA) is 132 Å². The number of imidazole rings is 1. The van der Waals surface area contributed by atoms with Crippen LogP contribution in [0.5, 0.6) is 5.75 Å². The van der Waals surface area contributed by atoms with E-state index in [2.05, 4.69) is 30.4 Å². The number of pyridine rings is 1. The molecule has 0 unspecified atom stereocenters. The van der Waals surface area contributed by atoms with Crippen molar-refractivity contribution in [1.29, 1.82) is 0 Å². The monoisotopic (exact) mass is 574 g/mol. The molecule has 1 aromatic carbocycles. The van der Waals surface area contributed by atoms with E-state index in [0.717, 1.165) is 23.2 Å². The molecule has 1 N–H and O–H groups in total. The first-order chi connectivity index (χ1) is 18.7. The molecule has 5 rings (SSSR count). The molecule has 0 saturated carbocycles. The number of rotatable bonds is 9. The quantitative estimate of drug-likeness (QED) is 0.322. The van der Waals surface area contributed by atoms with Gasteiger partial charge in [0.2, 0.25) is 10.0 Å². The van der Waals surface area contributed by atoms with Crippen LogP contribution in [0.15, 0.2) is 42.6 Å². The molecule has 2 atom stereocenters. The van der Waals surface area contributed by atoms with Crippen molar-refractivity contribution in [2.75, 3.05) is 26.0 Å².